The van der Waals surface area contributed by atoms with Crippen LogP contribution in [0.4, 0.5) is 0 Å². The highest BCUT2D eigenvalue weighted by Crippen LogP contribution is 2.07. The second-order valence-electron chi connectivity index (χ2n) is 4.79. The molecule has 110 valence electrons. The monoisotopic (exact) mass is 280 g/mol. The van der Waals surface area contributed by atoms with E-state index in [9.17, 15) is 4.79 Å². The van der Waals surface area contributed by atoms with E-state index in [0.717, 1.165) is 0 Å². The largest absolute Gasteiger partial charge is 0.409 e. The molecular weight excluding hydrogens is 260 g/mol. The van der Waals surface area contributed by atoms with E-state index in [2.05, 4.69) is 15.5 Å². The Kier molecular flexibility index (Phi) is 5.45. The van der Waals surface area contributed by atoms with Crippen LogP contribution in [0.1, 0.15) is 36.8 Å². The summed E-state index contributed by atoms with van der Waals surface area (Å²) in [6.45, 7) is 6.65. The maximum Gasteiger partial charge on any atom is 0.269 e. The topological polar surface area (TPSA) is 110 Å². The van der Waals surface area contributed by atoms with Crippen molar-refractivity contribution in [2.45, 2.75) is 26.4 Å². The minimum atomic E-state index is -0.432. The Morgan fingerprint density at radius 2 is 2.25 bits per heavy atom. The van der Waals surface area contributed by atoms with E-state index in [-0.39, 0.29) is 17.4 Å². The van der Waals surface area contributed by atoms with Crippen LogP contribution >= 0.6 is 0 Å². The third-order valence-electron chi connectivity index (χ3n) is 2.61. The van der Waals surface area contributed by atoms with Gasteiger partial charge in [0.15, 0.2) is 5.84 Å². The summed E-state index contributed by atoms with van der Waals surface area (Å²) in [5, 5.41) is 14.1. The molecule has 0 aliphatic heterocycles. The molecular formula is C13H20N4O3. The molecule has 0 unspecified atom stereocenters. The van der Waals surface area contributed by atoms with Gasteiger partial charge in [0.1, 0.15) is 5.69 Å². The molecule has 1 amide bonds. The highest BCUT2D eigenvalue weighted by Gasteiger charge is 2.19. The van der Waals surface area contributed by atoms with Crippen LogP contribution in [-0.4, -0.2) is 40.7 Å². The van der Waals surface area contributed by atoms with Crippen molar-refractivity contribution in [3.63, 3.8) is 0 Å². The summed E-state index contributed by atoms with van der Waals surface area (Å²) in [7, 11) is 0. The number of pyridine rings is 1. The SMILES string of the molecule is CCOC(C)(C)CNC(=O)c1ccc(/C(N)=N/O)cn1. The summed E-state index contributed by atoms with van der Waals surface area (Å²) in [5.41, 5.74) is 5.68. The summed E-state index contributed by atoms with van der Waals surface area (Å²) in [6, 6.07) is 3.07. The Morgan fingerprint density at radius 1 is 1.55 bits per heavy atom. The van der Waals surface area contributed by atoms with Crippen molar-refractivity contribution in [2.75, 3.05) is 13.2 Å². The highest BCUT2D eigenvalue weighted by atomic mass is 16.5. The average Bonchev–Trinajstić information content (AvgIpc) is 2.44. The first-order valence-corrected chi connectivity index (χ1v) is 6.25. The van der Waals surface area contributed by atoms with Gasteiger partial charge >= 0.3 is 0 Å². The number of amidine groups is 1. The van der Waals surface area contributed by atoms with E-state index in [1.54, 1.807) is 6.07 Å². The van der Waals surface area contributed by atoms with Gasteiger partial charge in [0.2, 0.25) is 0 Å². The number of nitrogens with two attached hydrogens (primary N) is 1. The van der Waals surface area contributed by atoms with Crippen molar-refractivity contribution in [3.8, 4) is 0 Å². The van der Waals surface area contributed by atoms with Crippen molar-refractivity contribution in [1.29, 1.82) is 0 Å². The van der Waals surface area contributed by atoms with Gasteiger partial charge in [-0.15, -0.1) is 0 Å². The number of hydrogen-bond donors (Lipinski definition) is 3. The van der Waals surface area contributed by atoms with E-state index in [4.69, 9.17) is 15.7 Å². The van der Waals surface area contributed by atoms with Crippen molar-refractivity contribution in [3.05, 3.63) is 29.6 Å². The summed E-state index contributed by atoms with van der Waals surface area (Å²) < 4.78 is 5.49. The van der Waals surface area contributed by atoms with Crippen molar-refractivity contribution in [1.82, 2.24) is 10.3 Å². The summed E-state index contributed by atoms with van der Waals surface area (Å²) in [6.07, 6.45) is 1.37. The Balaban J connectivity index is 2.65. The van der Waals surface area contributed by atoms with Gasteiger partial charge < -0.3 is 21.0 Å². The van der Waals surface area contributed by atoms with Crippen LogP contribution in [0.2, 0.25) is 0 Å². The Bertz CT molecular complexity index is 483. The standard InChI is InChI=1S/C13H20N4O3/c1-4-20-13(2,3)8-16-12(18)10-6-5-9(7-15-10)11(14)17-19/h5-7,19H,4,8H2,1-3H3,(H2,14,17)(H,16,18). The maximum atomic E-state index is 11.9. The number of aromatic nitrogens is 1. The molecule has 0 aromatic carbocycles. The number of nitrogens with zero attached hydrogens (tertiary/aromatic N) is 2. The van der Waals surface area contributed by atoms with Crippen LogP contribution in [0.15, 0.2) is 23.5 Å². The van der Waals surface area contributed by atoms with Gasteiger partial charge in [-0.3, -0.25) is 9.78 Å². The quantitative estimate of drug-likeness (QED) is 0.308. The third-order valence-corrected chi connectivity index (χ3v) is 2.61. The number of nitrogens with one attached hydrogen (secondary N) is 1. The lowest BCUT2D eigenvalue weighted by Gasteiger charge is -2.24. The molecule has 1 heterocycles. The predicted molar refractivity (Wildman–Crippen MR) is 74.8 cm³/mol. The average molecular weight is 280 g/mol. The molecule has 20 heavy (non-hydrogen) atoms. The van der Waals surface area contributed by atoms with E-state index >= 15 is 0 Å². The Hall–Kier alpha value is -2.15. The molecule has 0 radical (unpaired) electrons. The number of amides is 1. The number of rotatable bonds is 6. The molecule has 1 aromatic rings. The Morgan fingerprint density at radius 3 is 2.75 bits per heavy atom. The zero-order valence-electron chi connectivity index (χ0n) is 11.9. The first kappa shape index (κ1) is 15.9. The van der Waals surface area contributed by atoms with Crippen LogP contribution < -0.4 is 11.1 Å². The molecule has 0 bridgehead atoms. The van der Waals surface area contributed by atoms with Crippen molar-refractivity contribution < 1.29 is 14.7 Å². The normalized spacial score (nSPS) is 12.2. The van der Waals surface area contributed by atoms with Gasteiger partial charge in [-0.05, 0) is 32.9 Å². The molecule has 1 aromatic heterocycles. The number of carbonyl (C=O) groups is 1. The Labute approximate surface area is 117 Å². The summed E-state index contributed by atoms with van der Waals surface area (Å²) in [4.78, 5) is 15.9. The fraction of sp³-hybridized carbons (Fsp3) is 0.462. The summed E-state index contributed by atoms with van der Waals surface area (Å²) in [5.74, 6) is -0.356. The van der Waals surface area contributed by atoms with Gasteiger partial charge in [-0.25, -0.2) is 0 Å². The first-order valence-electron chi connectivity index (χ1n) is 6.25. The molecule has 0 fully saturated rings. The number of hydrogen-bond acceptors (Lipinski definition) is 5. The van der Waals surface area contributed by atoms with E-state index < -0.39 is 5.60 Å². The number of oxime groups is 1. The zero-order valence-corrected chi connectivity index (χ0v) is 11.9. The second kappa shape index (κ2) is 6.85. The molecule has 0 atom stereocenters. The van der Waals surface area contributed by atoms with Crippen LogP contribution in [0.5, 0.6) is 0 Å². The molecule has 0 aliphatic rings. The molecule has 0 spiro atoms. The molecule has 7 heteroatoms. The summed E-state index contributed by atoms with van der Waals surface area (Å²) >= 11 is 0. The maximum absolute atomic E-state index is 11.9. The van der Waals surface area contributed by atoms with E-state index in [1.165, 1.54) is 12.3 Å². The zero-order chi connectivity index (χ0) is 15.2. The minimum Gasteiger partial charge on any atom is -0.409 e. The minimum absolute atomic E-state index is 0.0538. The third kappa shape index (κ3) is 4.51. The van der Waals surface area contributed by atoms with E-state index in [0.29, 0.717) is 18.7 Å². The predicted octanol–water partition coefficient (Wildman–Crippen LogP) is 0.721. The fourth-order valence-electron chi connectivity index (χ4n) is 1.56. The molecule has 1 rings (SSSR count). The first-order chi connectivity index (χ1) is 9.39. The van der Waals surface area contributed by atoms with Gasteiger partial charge in [-0.1, -0.05) is 5.16 Å². The molecule has 7 nitrogen and oxygen atoms in total. The second-order valence-corrected chi connectivity index (χ2v) is 4.79. The van der Waals surface area contributed by atoms with Crippen molar-refractivity contribution >= 4 is 11.7 Å². The van der Waals surface area contributed by atoms with Gasteiger partial charge in [0, 0.05) is 24.9 Å². The van der Waals surface area contributed by atoms with Crippen LogP contribution in [0, 0.1) is 0 Å². The van der Waals surface area contributed by atoms with Crippen LogP contribution in [-0.2, 0) is 4.74 Å². The number of carbonyl (C=O) groups excluding carboxylic acids is 1. The lowest BCUT2D eigenvalue weighted by Crippen LogP contribution is -2.40. The van der Waals surface area contributed by atoms with Crippen molar-refractivity contribution in [2.24, 2.45) is 10.9 Å². The fourth-order valence-corrected chi connectivity index (χ4v) is 1.56. The molecule has 0 aliphatic carbocycles. The number of ether oxygens (including phenoxy) is 1. The smallest absolute Gasteiger partial charge is 0.269 e. The van der Waals surface area contributed by atoms with E-state index in [1.807, 2.05) is 20.8 Å². The highest BCUT2D eigenvalue weighted by molar-refractivity contribution is 5.98. The van der Waals surface area contributed by atoms with Gasteiger partial charge in [0.25, 0.3) is 5.91 Å². The van der Waals surface area contributed by atoms with Gasteiger partial charge in [0.05, 0.1) is 5.60 Å². The lowest BCUT2D eigenvalue weighted by molar-refractivity contribution is -0.00818. The molecule has 0 saturated heterocycles. The van der Waals surface area contributed by atoms with Crippen LogP contribution in [0.3, 0.4) is 0 Å². The molecule has 4 N–H and O–H groups in total. The van der Waals surface area contributed by atoms with Gasteiger partial charge in [-0.2, -0.15) is 0 Å². The molecule has 0 saturated carbocycles. The van der Waals surface area contributed by atoms with Crippen LogP contribution in [0.25, 0.3) is 0 Å². The lowest BCUT2D eigenvalue weighted by atomic mass is 10.1.